The zero-order valence-corrected chi connectivity index (χ0v) is 16.3. The minimum atomic E-state index is -0.629. The molecule has 0 aromatic heterocycles. The molecule has 2 atom stereocenters. The van der Waals surface area contributed by atoms with Crippen molar-refractivity contribution in [3.8, 4) is 5.75 Å². The van der Waals surface area contributed by atoms with Crippen molar-refractivity contribution in [1.29, 1.82) is 0 Å². The average molecular weight is 381 g/mol. The topological polar surface area (TPSA) is 75.1 Å². The van der Waals surface area contributed by atoms with Crippen LogP contribution in [-0.4, -0.2) is 56.1 Å². The van der Waals surface area contributed by atoms with Gasteiger partial charge in [-0.3, -0.25) is 4.99 Å². The zero-order chi connectivity index (χ0) is 19.5. The van der Waals surface area contributed by atoms with Gasteiger partial charge in [0, 0.05) is 13.2 Å². The predicted molar refractivity (Wildman–Crippen MR) is 105 cm³/mol. The summed E-state index contributed by atoms with van der Waals surface area (Å²) >= 11 is 0. The van der Waals surface area contributed by atoms with Crippen LogP contribution in [0.15, 0.2) is 29.3 Å². The van der Waals surface area contributed by atoms with Gasteiger partial charge in [-0.15, -0.1) is 0 Å². The molecular formula is C20H32FN3O3. The van der Waals surface area contributed by atoms with Crippen LogP contribution < -0.4 is 15.4 Å². The minimum absolute atomic E-state index is 0.197. The van der Waals surface area contributed by atoms with Crippen LogP contribution in [-0.2, 0) is 4.74 Å². The Bertz CT molecular complexity index is 581. The van der Waals surface area contributed by atoms with Crippen LogP contribution in [0.2, 0.25) is 0 Å². The Morgan fingerprint density at radius 2 is 2.07 bits per heavy atom. The zero-order valence-electron chi connectivity index (χ0n) is 16.3. The molecule has 27 heavy (non-hydrogen) atoms. The van der Waals surface area contributed by atoms with Crippen molar-refractivity contribution in [3.05, 3.63) is 30.1 Å². The standard InChI is InChI=1S/C20H32FN3O3/c1-3-17(27-19-8-6-5-7-18(19)21)12-24-20(22-4-2)23-11-16(25)14-26-13-15-9-10-15/h5-8,15-17,25H,3-4,9-14H2,1-2H3,(H2,22,23,24). The number of guanidine groups is 1. The smallest absolute Gasteiger partial charge is 0.191 e. The highest BCUT2D eigenvalue weighted by atomic mass is 19.1. The molecule has 1 aliphatic rings. The van der Waals surface area contributed by atoms with Gasteiger partial charge in [-0.05, 0) is 44.2 Å². The van der Waals surface area contributed by atoms with Gasteiger partial charge in [-0.25, -0.2) is 4.39 Å². The first-order chi connectivity index (χ1) is 13.1. The number of nitrogens with one attached hydrogen (secondary N) is 2. The Hall–Kier alpha value is -1.86. The molecule has 1 aromatic carbocycles. The Morgan fingerprint density at radius 3 is 2.74 bits per heavy atom. The lowest BCUT2D eigenvalue weighted by molar-refractivity contribution is 0.0368. The summed E-state index contributed by atoms with van der Waals surface area (Å²) in [5.41, 5.74) is 0. The van der Waals surface area contributed by atoms with Crippen LogP contribution in [0.4, 0.5) is 4.39 Å². The number of hydrogen-bond donors (Lipinski definition) is 3. The van der Waals surface area contributed by atoms with Gasteiger partial charge >= 0.3 is 0 Å². The van der Waals surface area contributed by atoms with E-state index in [2.05, 4.69) is 15.6 Å². The molecule has 0 radical (unpaired) electrons. The fourth-order valence-electron chi connectivity index (χ4n) is 2.45. The maximum absolute atomic E-state index is 13.7. The second-order valence-electron chi connectivity index (χ2n) is 6.81. The number of para-hydroxylation sites is 1. The van der Waals surface area contributed by atoms with Crippen LogP contribution >= 0.6 is 0 Å². The van der Waals surface area contributed by atoms with Gasteiger partial charge in [0.2, 0.25) is 0 Å². The first-order valence-corrected chi connectivity index (χ1v) is 9.81. The summed E-state index contributed by atoms with van der Waals surface area (Å²) in [4.78, 5) is 4.39. The number of rotatable bonds is 12. The number of aliphatic hydroxyl groups is 1. The van der Waals surface area contributed by atoms with Crippen LogP contribution in [0.5, 0.6) is 5.75 Å². The molecule has 0 heterocycles. The maximum atomic E-state index is 13.7. The van der Waals surface area contributed by atoms with Crippen LogP contribution in [0.1, 0.15) is 33.1 Å². The van der Waals surface area contributed by atoms with E-state index in [1.807, 2.05) is 13.8 Å². The third kappa shape index (κ3) is 8.58. The van der Waals surface area contributed by atoms with Gasteiger partial charge in [0.05, 0.1) is 25.8 Å². The molecule has 1 saturated carbocycles. The third-order valence-corrected chi connectivity index (χ3v) is 4.25. The van der Waals surface area contributed by atoms with Gasteiger partial charge in [0.15, 0.2) is 17.5 Å². The monoisotopic (exact) mass is 381 g/mol. The van der Waals surface area contributed by atoms with Crippen LogP contribution in [0, 0.1) is 11.7 Å². The molecule has 0 amide bonds. The summed E-state index contributed by atoms with van der Waals surface area (Å²) in [6.07, 6.45) is 2.36. The largest absolute Gasteiger partial charge is 0.486 e. The van der Waals surface area contributed by atoms with Crippen molar-refractivity contribution in [3.63, 3.8) is 0 Å². The summed E-state index contributed by atoms with van der Waals surface area (Å²) in [6, 6.07) is 6.39. The van der Waals surface area contributed by atoms with E-state index in [1.54, 1.807) is 18.2 Å². The number of aliphatic imine (C=N–C) groups is 1. The highest BCUT2D eigenvalue weighted by Gasteiger charge is 2.21. The van der Waals surface area contributed by atoms with E-state index in [9.17, 15) is 9.50 Å². The number of nitrogens with zero attached hydrogens (tertiary/aromatic N) is 1. The maximum Gasteiger partial charge on any atom is 0.191 e. The molecule has 1 aliphatic carbocycles. The van der Waals surface area contributed by atoms with Crippen molar-refractivity contribution < 1.29 is 19.0 Å². The van der Waals surface area contributed by atoms with E-state index in [1.165, 1.54) is 18.9 Å². The summed E-state index contributed by atoms with van der Waals surface area (Å²) in [7, 11) is 0. The van der Waals surface area contributed by atoms with Gasteiger partial charge in [-0.2, -0.15) is 0 Å². The number of aliphatic hydroxyl groups excluding tert-OH is 1. The van der Waals surface area contributed by atoms with E-state index in [0.717, 1.165) is 13.0 Å². The van der Waals surface area contributed by atoms with E-state index >= 15 is 0 Å². The second kappa shape index (κ2) is 11.8. The van der Waals surface area contributed by atoms with E-state index in [4.69, 9.17) is 9.47 Å². The van der Waals surface area contributed by atoms with Crippen molar-refractivity contribution in [2.75, 3.05) is 32.8 Å². The Labute approximate surface area is 161 Å². The molecule has 0 spiro atoms. The van der Waals surface area contributed by atoms with Gasteiger partial charge in [0.1, 0.15) is 6.10 Å². The van der Waals surface area contributed by atoms with Gasteiger partial charge < -0.3 is 25.2 Å². The molecule has 2 rings (SSSR count). The highest BCUT2D eigenvalue weighted by molar-refractivity contribution is 5.79. The van der Waals surface area contributed by atoms with E-state index in [0.29, 0.717) is 31.6 Å². The Balaban J connectivity index is 1.77. The molecule has 1 fully saturated rings. The highest BCUT2D eigenvalue weighted by Crippen LogP contribution is 2.28. The molecule has 2 unspecified atom stereocenters. The molecule has 0 aliphatic heterocycles. The summed E-state index contributed by atoms with van der Waals surface area (Å²) < 4.78 is 25.0. The lowest BCUT2D eigenvalue weighted by Crippen LogP contribution is -2.43. The Kier molecular flexibility index (Phi) is 9.35. The van der Waals surface area contributed by atoms with Crippen molar-refractivity contribution >= 4 is 5.96 Å². The van der Waals surface area contributed by atoms with E-state index < -0.39 is 6.10 Å². The quantitative estimate of drug-likeness (QED) is 0.383. The number of hydrogen-bond acceptors (Lipinski definition) is 4. The number of halogens is 1. The van der Waals surface area contributed by atoms with Crippen molar-refractivity contribution in [2.45, 2.75) is 45.3 Å². The molecule has 3 N–H and O–H groups in total. The fourth-order valence-corrected chi connectivity index (χ4v) is 2.45. The van der Waals surface area contributed by atoms with Crippen LogP contribution in [0.3, 0.4) is 0 Å². The first-order valence-electron chi connectivity index (χ1n) is 9.81. The summed E-state index contributed by atoms with van der Waals surface area (Å²) in [5, 5.41) is 16.3. The lowest BCUT2D eigenvalue weighted by Gasteiger charge is -2.20. The molecule has 7 heteroatoms. The summed E-state index contributed by atoms with van der Waals surface area (Å²) in [6.45, 7) is 6.41. The Morgan fingerprint density at radius 1 is 1.30 bits per heavy atom. The SMILES string of the molecule is CCNC(=NCC(O)COCC1CC1)NCC(CC)Oc1ccccc1F. The molecule has 152 valence electrons. The molecule has 0 saturated heterocycles. The molecule has 1 aromatic rings. The fraction of sp³-hybridized carbons (Fsp3) is 0.650. The van der Waals surface area contributed by atoms with Crippen molar-refractivity contribution in [1.82, 2.24) is 10.6 Å². The molecule has 6 nitrogen and oxygen atoms in total. The third-order valence-electron chi connectivity index (χ3n) is 4.25. The average Bonchev–Trinajstić information content (AvgIpc) is 3.48. The van der Waals surface area contributed by atoms with Crippen LogP contribution in [0.25, 0.3) is 0 Å². The number of ether oxygens (including phenoxy) is 2. The van der Waals surface area contributed by atoms with Gasteiger partial charge in [0.25, 0.3) is 0 Å². The van der Waals surface area contributed by atoms with Crippen molar-refractivity contribution in [2.24, 2.45) is 10.9 Å². The molecule has 0 bridgehead atoms. The lowest BCUT2D eigenvalue weighted by atomic mass is 10.2. The normalized spacial score (nSPS) is 16.7. The predicted octanol–water partition coefficient (Wildman–Crippen LogP) is 2.33. The molecular weight excluding hydrogens is 349 g/mol. The summed E-state index contributed by atoms with van der Waals surface area (Å²) in [5.74, 6) is 1.15. The minimum Gasteiger partial charge on any atom is -0.486 e. The number of benzene rings is 1. The second-order valence-corrected chi connectivity index (χ2v) is 6.81. The first kappa shape index (κ1) is 21.4. The van der Waals surface area contributed by atoms with Gasteiger partial charge in [-0.1, -0.05) is 19.1 Å². The van der Waals surface area contributed by atoms with E-state index in [-0.39, 0.29) is 24.2 Å².